The minimum atomic E-state index is -4.40. The van der Waals surface area contributed by atoms with Crippen LogP contribution in [-0.2, 0) is 6.18 Å². The Labute approximate surface area is 122 Å². The molecule has 0 bridgehead atoms. The quantitative estimate of drug-likeness (QED) is 0.769. The van der Waals surface area contributed by atoms with Gasteiger partial charge < -0.3 is 5.11 Å². The zero-order chi connectivity index (χ0) is 14.0. The Morgan fingerprint density at radius 3 is 2.11 bits per heavy atom. The van der Waals surface area contributed by atoms with Crippen molar-refractivity contribution in [2.75, 3.05) is 0 Å². The average molecular weight is 378 g/mol. The van der Waals surface area contributed by atoms with Crippen molar-refractivity contribution < 1.29 is 18.3 Å². The molecule has 1 N–H and O–H groups in total. The molecule has 0 saturated carbocycles. The number of hydrogen-bond donors (Lipinski definition) is 1. The third-order valence-corrected chi connectivity index (χ3v) is 3.37. The fraction of sp³-hybridized carbons (Fsp3) is 0.143. The molecule has 19 heavy (non-hydrogen) atoms. The molecular formula is C14H10F3IO. The van der Waals surface area contributed by atoms with Gasteiger partial charge in [-0.05, 0) is 58.0 Å². The molecule has 1 unspecified atom stereocenters. The average Bonchev–Trinajstić information content (AvgIpc) is 2.37. The molecule has 0 amide bonds. The van der Waals surface area contributed by atoms with Crippen LogP contribution in [-0.4, -0.2) is 5.11 Å². The van der Waals surface area contributed by atoms with Crippen LogP contribution in [0.4, 0.5) is 13.2 Å². The van der Waals surface area contributed by atoms with Gasteiger partial charge in [0.1, 0.15) is 6.10 Å². The van der Waals surface area contributed by atoms with Crippen molar-refractivity contribution in [1.82, 2.24) is 0 Å². The second-order valence-electron chi connectivity index (χ2n) is 4.08. The Balaban J connectivity index is 2.37. The van der Waals surface area contributed by atoms with Crippen molar-refractivity contribution in [2.24, 2.45) is 0 Å². The van der Waals surface area contributed by atoms with Crippen LogP contribution < -0.4 is 0 Å². The van der Waals surface area contributed by atoms with E-state index in [-0.39, 0.29) is 5.56 Å². The summed E-state index contributed by atoms with van der Waals surface area (Å²) in [6, 6.07) is 11.8. The Morgan fingerprint density at radius 2 is 1.53 bits per heavy atom. The van der Waals surface area contributed by atoms with Crippen LogP contribution in [0.5, 0.6) is 0 Å². The Kier molecular flexibility index (Phi) is 4.15. The number of alkyl halides is 3. The van der Waals surface area contributed by atoms with Crippen LogP contribution in [0.1, 0.15) is 22.8 Å². The minimum Gasteiger partial charge on any atom is -0.384 e. The second kappa shape index (κ2) is 5.50. The molecule has 0 fully saturated rings. The molecule has 0 aliphatic rings. The first-order valence-corrected chi connectivity index (χ1v) is 6.56. The van der Waals surface area contributed by atoms with Gasteiger partial charge in [0, 0.05) is 3.57 Å². The Morgan fingerprint density at radius 1 is 0.947 bits per heavy atom. The molecule has 2 aromatic carbocycles. The zero-order valence-corrected chi connectivity index (χ0v) is 11.8. The van der Waals surface area contributed by atoms with Crippen LogP contribution in [0.25, 0.3) is 0 Å². The van der Waals surface area contributed by atoms with Crippen molar-refractivity contribution in [3.05, 3.63) is 68.8 Å². The summed E-state index contributed by atoms with van der Waals surface area (Å²) >= 11 is 2.09. The maximum Gasteiger partial charge on any atom is 0.416 e. The monoisotopic (exact) mass is 378 g/mol. The van der Waals surface area contributed by atoms with E-state index in [9.17, 15) is 18.3 Å². The molecule has 0 heterocycles. The van der Waals surface area contributed by atoms with Gasteiger partial charge in [0.05, 0.1) is 5.56 Å². The molecule has 0 aliphatic heterocycles. The van der Waals surface area contributed by atoms with Gasteiger partial charge in [-0.1, -0.05) is 24.3 Å². The summed E-state index contributed by atoms with van der Waals surface area (Å²) < 4.78 is 38.8. The maximum absolute atomic E-state index is 12.6. The molecule has 1 nitrogen and oxygen atoms in total. The molecular weight excluding hydrogens is 368 g/mol. The number of benzene rings is 2. The summed E-state index contributed by atoms with van der Waals surface area (Å²) in [5.41, 5.74) is 0.0535. The zero-order valence-electron chi connectivity index (χ0n) is 9.66. The van der Waals surface area contributed by atoms with Crippen molar-refractivity contribution in [3.8, 4) is 0 Å². The van der Waals surface area contributed by atoms with Gasteiger partial charge in [-0.15, -0.1) is 0 Å². The molecule has 1 atom stereocenters. The second-order valence-corrected chi connectivity index (χ2v) is 5.33. The van der Waals surface area contributed by atoms with E-state index in [1.54, 1.807) is 18.2 Å². The van der Waals surface area contributed by atoms with E-state index in [1.807, 2.05) is 6.07 Å². The van der Waals surface area contributed by atoms with Crippen molar-refractivity contribution in [2.45, 2.75) is 12.3 Å². The largest absolute Gasteiger partial charge is 0.416 e. The Hall–Kier alpha value is -1.08. The van der Waals surface area contributed by atoms with Crippen LogP contribution >= 0.6 is 22.6 Å². The number of rotatable bonds is 2. The maximum atomic E-state index is 12.6. The molecule has 100 valence electrons. The van der Waals surface area contributed by atoms with Gasteiger partial charge in [-0.2, -0.15) is 13.2 Å². The predicted molar refractivity (Wildman–Crippen MR) is 74.7 cm³/mol. The van der Waals surface area contributed by atoms with E-state index in [0.29, 0.717) is 5.56 Å². The molecule has 0 radical (unpaired) electrons. The van der Waals surface area contributed by atoms with Gasteiger partial charge >= 0.3 is 6.18 Å². The molecule has 2 aromatic rings. The first kappa shape index (κ1) is 14.3. The summed E-state index contributed by atoms with van der Waals surface area (Å²) in [5.74, 6) is 0. The molecule has 0 spiro atoms. The van der Waals surface area contributed by atoms with E-state index in [0.717, 1.165) is 15.7 Å². The van der Waals surface area contributed by atoms with Gasteiger partial charge in [-0.25, -0.2) is 0 Å². The lowest BCUT2D eigenvalue weighted by molar-refractivity contribution is -0.137. The van der Waals surface area contributed by atoms with Gasteiger partial charge in [0.2, 0.25) is 0 Å². The van der Waals surface area contributed by atoms with Crippen LogP contribution in [0, 0.1) is 3.57 Å². The van der Waals surface area contributed by atoms with Crippen molar-refractivity contribution >= 4 is 22.6 Å². The highest BCUT2D eigenvalue weighted by molar-refractivity contribution is 14.1. The SMILES string of the molecule is OC(c1cccc(I)c1)c1cccc(C(F)(F)F)c1. The van der Waals surface area contributed by atoms with Gasteiger partial charge in [-0.3, -0.25) is 0 Å². The summed E-state index contributed by atoms with van der Waals surface area (Å²) in [4.78, 5) is 0. The molecule has 5 heteroatoms. The van der Waals surface area contributed by atoms with E-state index < -0.39 is 17.8 Å². The lowest BCUT2D eigenvalue weighted by Crippen LogP contribution is -2.07. The highest BCUT2D eigenvalue weighted by Crippen LogP contribution is 2.32. The number of aliphatic hydroxyl groups is 1. The molecule has 0 saturated heterocycles. The van der Waals surface area contributed by atoms with Crippen molar-refractivity contribution in [1.29, 1.82) is 0 Å². The predicted octanol–water partition coefficient (Wildman–Crippen LogP) is 4.39. The lowest BCUT2D eigenvalue weighted by Gasteiger charge is -2.14. The highest BCUT2D eigenvalue weighted by Gasteiger charge is 2.30. The smallest absolute Gasteiger partial charge is 0.384 e. The van der Waals surface area contributed by atoms with E-state index in [2.05, 4.69) is 22.6 Å². The van der Waals surface area contributed by atoms with Crippen LogP contribution in [0.15, 0.2) is 48.5 Å². The van der Waals surface area contributed by atoms with Gasteiger partial charge in [0.15, 0.2) is 0 Å². The third-order valence-electron chi connectivity index (χ3n) is 2.69. The van der Waals surface area contributed by atoms with Gasteiger partial charge in [0.25, 0.3) is 0 Å². The summed E-state index contributed by atoms with van der Waals surface area (Å²) in [7, 11) is 0. The van der Waals surface area contributed by atoms with Crippen molar-refractivity contribution in [3.63, 3.8) is 0 Å². The summed E-state index contributed by atoms with van der Waals surface area (Å²) in [5, 5.41) is 10.1. The molecule has 2 rings (SSSR count). The summed E-state index contributed by atoms with van der Waals surface area (Å²) in [6.45, 7) is 0. The first-order chi connectivity index (χ1) is 8.88. The fourth-order valence-electron chi connectivity index (χ4n) is 1.75. The highest BCUT2D eigenvalue weighted by atomic mass is 127. The van der Waals surface area contributed by atoms with Crippen LogP contribution in [0.3, 0.4) is 0 Å². The number of aliphatic hydroxyl groups excluding tert-OH is 1. The third kappa shape index (κ3) is 3.48. The van der Waals surface area contributed by atoms with Crippen LogP contribution in [0.2, 0.25) is 0 Å². The Bertz CT molecular complexity index is 581. The topological polar surface area (TPSA) is 20.2 Å². The van der Waals surface area contributed by atoms with E-state index in [1.165, 1.54) is 12.1 Å². The minimum absolute atomic E-state index is 0.233. The normalized spacial score (nSPS) is 13.3. The standard InChI is InChI=1S/C14H10F3IO/c15-14(16,17)11-5-1-3-9(7-11)13(19)10-4-2-6-12(18)8-10/h1-8,13,19H. The number of halogens is 4. The lowest BCUT2D eigenvalue weighted by atomic mass is 10.00. The molecule has 0 aromatic heterocycles. The fourth-order valence-corrected chi connectivity index (χ4v) is 2.32. The number of hydrogen-bond acceptors (Lipinski definition) is 1. The van der Waals surface area contributed by atoms with E-state index in [4.69, 9.17) is 0 Å². The molecule has 0 aliphatic carbocycles. The van der Waals surface area contributed by atoms with E-state index >= 15 is 0 Å². The summed E-state index contributed by atoms with van der Waals surface area (Å²) in [6.07, 6.45) is -5.46. The first-order valence-electron chi connectivity index (χ1n) is 5.48.